The molecule has 0 aliphatic heterocycles. The average Bonchev–Trinajstić information content (AvgIpc) is 3.18. The zero-order chi connectivity index (χ0) is 40.9. The predicted octanol–water partition coefficient (Wildman–Crippen LogP) is 12.2. The van der Waals surface area contributed by atoms with Gasteiger partial charge in [0.15, 0.2) is 5.30 Å². The Morgan fingerprint density at radius 2 is 0.912 bits per heavy atom. The van der Waals surface area contributed by atoms with Gasteiger partial charge in [0.05, 0.1) is 9.79 Å². The van der Waals surface area contributed by atoms with Gasteiger partial charge in [0.2, 0.25) is 9.84 Å². The lowest BCUT2D eigenvalue weighted by atomic mass is 9.83. The highest BCUT2D eigenvalue weighted by Crippen LogP contribution is 2.52. The molecule has 0 aliphatic carbocycles. The lowest BCUT2D eigenvalue weighted by molar-refractivity contribution is 0.347. The van der Waals surface area contributed by atoms with Crippen LogP contribution in [0.15, 0.2) is 101 Å². The van der Waals surface area contributed by atoms with Crippen LogP contribution < -0.4 is 5.30 Å². The molecule has 57 heavy (non-hydrogen) atoms. The minimum Gasteiger partial charge on any atom is -0.218 e. The largest absolute Gasteiger partial charge is 0.441 e. The maximum absolute atomic E-state index is 15.1. The Kier molecular flexibility index (Phi) is 13.7. The van der Waals surface area contributed by atoms with Gasteiger partial charge in [-0.05, 0) is 141 Å². The van der Waals surface area contributed by atoms with Crippen LogP contribution in [-0.4, -0.2) is 23.1 Å². The molecule has 0 spiro atoms. The Labute approximate surface area is 341 Å². The molecule has 0 unspecified atom stereocenters. The SMILES string of the molecule is CCCc1cc(CCC)c2cc(-c3c([P+](O)(O)O)ccc(S(=O)(=O)c4ccccc4)c3-c3cc4c(CCC)cc(CCC)cc4cc3CCC)c(CCC)cc2c1. The summed E-state index contributed by atoms with van der Waals surface area (Å²) in [5.74, 6) is 0. The Bertz CT molecular complexity index is 2480. The molecule has 0 heterocycles. The molecule has 0 amide bonds. The molecule has 0 saturated carbocycles. The van der Waals surface area contributed by atoms with Gasteiger partial charge in [-0.2, -0.15) is 14.7 Å². The smallest absolute Gasteiger partial charge is 0.218 e. The van der Waals surface area contributed by atoms with Crippen LogP contribution in [-0.2, 0) is 48.4 Å². The predicted molar refractivity (Wildman–Crippen MR) is 241 cm³/mol. The van der Waals surface area contributed by atoms with Crippen LogP contribution in [0.25, 0.3) is 43.8 Å². The van der Waals surface area contributed by atoms with E-state index in [1.54, 1.807) is 30.3 Å². The van der Waals surface area contributed by atoms with E-state index in [1.165, 1.54) is 34.4 Å². The van der Waals surface area contributed by atoms with Crippen LogP contribution in [0.1, 0.15) is 113 Å². The Morgan fingerprint density at radius 1 is 0.474 bits per heavy atom. The van der Waals surface area contributed by atoms with Crippen LogP contribution in [0.5, 0.6) is 0 Å². The summed E-state index contributed by atoms with van der Waals surface area (Å²) in [7, 11) is -8.87. The first-order valence-corrected chi connectivity index (χ1v) is 24.2. The molecule has 0 aliphatic rings. The number of hydrogen-bond acceptors (Lipinski definition) is 5. The van der Waals surface area contributed by atoms with E-state index >= 15 is 8.42 Å². The van der Waals surface area contributed by atoms with E-state index in [2.05, 4.69) is 90.1 Å². The van der Waals surface area contributed by atoms with Crippen LogP contribution in [0.4, 0.5) is 0 Å². The van der Waals surface area contributed by atoms with Crippen molar-refractivity contribution in [3.8, 4) is 22.3 Å². The second-order valence-electron chi connectivity index (χ2n) is 15.7. The Hall–Kier alpha value is -3.90. The third kappa shape index (κ3) is 8.92. The summed E-state index contributed by atoms with van der Waals surface area (Å²) < 4.78 is 30.1. The normalized spacial score (nSPS) is 12.2. The molecule has 3 N–H and O–H groups in total. The van der Waals surface area contributed by atoms with Crippen molar-refractivity contribution in [1.82, 2.24) is 0 Å². The van der Waals surface area contributed by atoms with Crippen LogP contribution >= 0.6 is 7.94 Å². The number of fused-ring (bicyclic) bond motifs is 2. The van der Waals surface area contributed by atoms with Crippen molar-refractivity contribution in [2.24, 2.45) is 0 Å². The minimum absolute atomic E-state index is 0.0459. The van der Waals surface area contributed by atoms with Gasteiger partial charge in [-0.1, -0.05) is 135 Å². The van der Waals surface area contributed by atoms with Gasteiger partial charge in [-0.15, -0.1) is 0 Å². The first kappa shape index (κ1) is 42.7. The van der Waals surface area contributed by atoms with E-state index in [0.29, 0.717) is 24.0 Å². The van der Waals surface area contributed by atoms with Gasteiger partial charge < -0.3 is 0 Å². The monoisotopic (exact) mass is 803 g/mol. The molecule has 7 heteroatoms. The molecular weight excluding hydrogens is 744 g/mol. The first-order chi connectivity index (χ1) is 27.4. The number of benzene rings is 6. The molecule has 0 aromatic heterocycles. The van der Waals surface area contributed by atoms with Crippen molar-refractivity contribution in [3.05, 3.63) is 124 Å². The summed E-state index contributed by atoms with van der Waals surface area (Å²) in [5, 5.41) is 4.31. The van der Waals surface area contributed by atoms with Crippen molar-refractivity contribution in [3.63, 3.8) is 0 Å². The van der Waals surface area contributed by atoms with Crippen LogP contribution in [0.2, 0.25) is 0 Å². The number of hydrogen-bond donors (Lipinski definition) is 3. The second kappa shape index (κ2) is 18.4. The molecule has 0 atom stereocenters. The van der Waals surface area contributed by atoms with Gasteiger partial charge >= 0.3 is 7.94 Å². The van der Waals surface area contributed by atoms with Gasteiger partial charge in [-0.3, -0.25) is 0 Å². The summed E-state index contributed by atoms with van der Waals surface area (Å²) in [5.41, 5.74) is 9.18. The van der Waals surface area contributed by atoms with E-state index in [-0.39, 0.29) is 15.1 Å². The average molecular weight is 804 g/mol. The van der Waals surface area contributed by atoms with Crippen molar-refractivity contribution < 1.29 is 23.1 Å². The van der Waals surface area contributed by atoms with Gasteiger partial charge in [-0.25, -0.2) is 8.42 Å². The lowest BCUT2D eigenvalue weighted by Gasteiger charge is -2.24. The topological polar surface area (TPSA) is 94.8 Å². The zero-order valence-corrected chi connectivity index (χ0v) is 36.4. The maximum atomic E-state index is 15.1. The second-order valence-corrected chi connectivity index (χ2v) is 19.2. The Balaban J connectivity index is 1.87. The fourth-order valence-electron chi connectivity index (χ4n) is 8.76. The van der Waals surface area contributed by atoms with Gasteiger partial charge in [0, 0.05) is 11.1 Å². The molecular formula is C50H60O5PS+. The third-order valence-corrected chi connectivity index (χ3v) is 14.0. The summed E-state index contributed by atoms with van der Waals surface area (Å²) in [6, 6.07) is 29.2. The maximum Gasteiger partial charge on any atom is 0.441 e. The molecule has 0 bridgehead atoms. The highest BCUT2D eigenvalue weighted by atomic mass is 32.2. The van der Waals surface area contributed by atoms with E-state index in [0.717, 1.165) is 108 Å². The highest BCUT2D eigenvalue weighted by molar-refractivity contribution is 7.91. The van der Waals surface area contributed by atoms with Crippen LogP contribution in [0.3, 0.4) is 0 Å². The lowest BCUT2D eigenvalue weighted by Crippen LogP contribution is -2.18. The summed E-state index contributed by atoms with van der Waals surface area (Å²) in [6.07, 6.45) is 10.6. The zero-order valence-electron chi connectivity index (χ0n) is 34.7. The van der Waals surface area contributed by atoms with Crippen LogP contribution in [0, 0.1) is 0 Å². The van der Waals surface area contributed by atoms with Gasteiger partial charge in [0.1, 0.15) is 0 Å². The van der Waals surface area contributed by atoms with E-state index in [1.807, 2.05) is 0 Å². The van der Waals surface area contributed by atoms with E-state index in [9.17, 15) is 14.7 Å². The minimum atomic E-state index is -4.71. The first-order valence-electron chi connectivity index (χ1n) is 21.1. The molecule has 6 aromatic carbocycles. The molecule has 0 saturated heterocycles. The fraction of sp³-hybridized carbons (Fsp3) is 0.360. The Morgan fingerprint density at radius 3 is 1.35 bits per heavy atom. The fourth-order valence-corrected chi connectivity index (χ4v) is 11.1. The standard InChI is InChI=1S/C50H60O5PS/c1-7-16-34-26-36(18-9-3)43-32-45(38(20-11-5)30-40(43)28-34)49-47(56(51,52)53)24-25-48(57(54,55)42-22-14-13-15-23-42)50(49)46-33-44-37(19-10-4)27-35(17-8-2)29-41(44)31-39(46)21-12-6/h13-15,22-33,51-53H,7-12,16-21H2,1-6H3/q+1. The number of sulfone groups is 1. The molecule has 6 rings (SSSR count). The molecule has 0 fully saturated rings. The van der Waals surface area contributed by atoms with Crippen molar-refractivity contribution in [2.75, 3.05) is 0 Å². The quantitative estimate of drug-likeness (QED) is 0.0798. The highest BCUT2D eigenvalue weighted by Gasteiger charge is 2.42. The summed E-state index contributed by atoms with van der Waals surface area (Å²) in [4.78, 5) is 34.4. The third-order valence-electron chi connectivity index (χ3n) is 11.1. The molecule has 6 aromatic rings. The van der Waals surface area contributed by atoms with Gasteiger partial charge in [0.25, 0.3) is 0 Å². The van der Waals surface area contributed by atoms with E-state index in [4.69, 9.17) is 0 Å². The number of aryl methyl sites for hydroxylation is 6. The molecule has 0 radical (unpaired) electrons. The summed E-state index contributed by atoms with van der Waals surface area (Å²) >= 11 is 0. The number of rotatable bonds is 17. The molecule has 300 valence electrons. The van der Waals surface area contributed by atoms with E-state index < -0.39 is 17.8 Å². The van der Waals surface area contributed by atoms with Crippen molar-refractivity contribution in [1.29, 1.82) is 0 Å². The summed E-state index contributed by atoms with van der Waals surface area (Å²) in [6.45, 7) is 13.0. The van der Waals surface area contributed by atoms with Crippen molar-refractivity contribution in [2.45, 2.75) is 128 Å². The molecule has 5 nitrogen and oxygen atoms in total. The van der Waals surface area contributed by atoms with Crippen molar-refractivity contribution >= 4 is 44.6 Å².